The lowest BCUT2D eigenvalue weighted by Crippen LogP contribution is -2.51. The Hall–Kier alpha value is -2.29. The van der Waals surface area contributed by atoms with Crippen LogP contribution < -0.4 is 9.62 Å². The molecule has 0 aliphatic heterocycles. The highest BCUT2D eigenvalue weighted by Gasteiger charge is 2.31. The molecule has 0 unspecified atom stereocenters. The quantitative estimate of drug-likeness (QED) is 0.522. The van der Waals surface area contributed by atoms with E-state index in [1.54, 1.807) is 44.2 Å². The Balaban J connectivity index is 2.48. The van der Waals surface area contributed by atoms with Crippen LogP contribution in [0.3, 0.4) is 0 Å². The van der Waals surface area contributed by atoms with E-state index >= 15 is 0 Å². The summed E-state index contributed by atoms with van der Waals surface area (Å²) in [5, 5.41) is 3.39. The number of sulfonamides is 1. The van der Waals surface area contributed by atoms with E-state index in [0.717, 1.165) is 16.1 Å². The molecule has 0 saturated carbocycles. The molecule has 0 aromatic heterocycles. The van der Waals surface area contributed by atoms with Crippen LogP contribution in [0.5, 0.6) is 0 Å². The monoisotopic (exact) mass is 513 g/mol. The number of benzene rings is 2. The minimum Gasteiger partial charge on any atom is -0.355 e. The lowest BCUT2D eigenvalue weighted by Gasteiger charge is -2.32. The van der Waals surface area contributed by atoms with Gasteiger partial charge < -0.3 is 10.2 Å². The fraction of sp³-hybridized carbons (Fsp3) is 0.391. The Bertz CT molecular complexity index is 1090. The summed E-state index contributed by atoms with van der Waals surface area (Å²) in [7, 11) is -3.79. The number of likely N-dealkylation sites (N-methyl/N-ethyl adjacent to an activating group) is 1. The molecule has 0 fully saturated rings. The summed E-state index contributed by atoms with van der Waals surface area (Å²) in [4.78, 5) is 27.4. The predicted molar refractivity (Wildman–Crippen MR) is 133 cm³/mol. The van der Waals surface area contributed by atoms with Gasteiger partial charge in [0, 0.05) is 28.7 Å². The Labute approximate surface area is 205 Å². The van der Waals surface area contributed by atoms with E-state index < -0.39 is 28.5 Å². The zero-order chi connectivity index (χ0) is 24.8. The van der Waals surface area contributed by atoms with Crippen LogP contribution in [-0.4, -0.2) is 50.5 Å². The SMILES string of the molecule is CCNC(=O)[C@@H](C)N(Cc1c(Cl)cccc1Cl)C(=O)CN(c1ccccc1CC)S(C)(=O)=O. The molecule has 10 heteroatoms. The number of para-hydroxylation sites is 1. The van der Waals surface area contributed by atoms with E-state index in [1.165, 1.54) is 4.90 Å². The molecular formula is C23H29Cl2N3O4S. The largest absolute Gasteiger partial charge is 0.355 e. The van der Waals surface area contributed by atoms with Crippen LogP contribution in [0.15, 0.2) is 42.5 Å². The Morgan fingerprint density at radius 1 is 1.03 bits per heavy atom. The number of hydrogen-bond donors (Lipinski definition) is 1. The van der Waals surface area contributed by atoms with E-state index in [1.807, 2.05) is 19.1 Å². The maximum absolute atomic E-state index is 13.5. The van der Waals surface area contributed by atoms with Gasteiger partial charge in [-0.05, 0) is 44.0 Å². The van der Waals surface area contributed by atoms with Crippen molar-refractivity contribution < 1.29 is 18.0 Å². The summed E-state index contributed by atoms with van der Waals surface area (Å²) >= 11 is 12.6. The molecule has 0 spiro atoms. The number of nitrogens with zero attached hydrogens (tertiary/aromatic N) is 2. The lowest BCUT2D eigenvalue weighted by molar-refractivity contribution is -0.139. The highest BCUT2D eigenvalue weighted by Crippen LogP contribution is 2.28. The van der Waals surface area contributed by atoms with E-state index in [-0.39, 0.29) is 12.5 Å². The minimum absolute atomic E-state index is 0.0529. The van der Waals surface area contributed by atoms with Gasteiger partial charge in [-0.2, -0.15) is 0 Å². The number of anilines is 1. The molecule has 0 radical (unpaired) electrons. The standard InChI is InChI=1S/C23H29Cl2N3O4S/c1-5-17-10-7-8-13-21(17)28(33(4,31)32)15-22(29)27(16(3)23(30)26-6-2)14-18-19(24)11-9-12-20(18)25/h7-13,16H,5-6,14-15H2,1-4H3,(H,26,30)/t16-/m1/s1. The first-order valence-electron chi connectivity index (χ1n) is 10.6. The maximum Gasteiger partial charge on any atom is 0.244 e. The van der Waals surface area contributed by atoms with E-state index in [9.17, 15) is 18.0 Å². The first-order chi connectivity index (χ1) is 15.5. The van der Waals surface area contributed by atoms with Crippen LogP contribution >= 0.6 is 23.2 Å². The van der Waals surface area contributed by atoms with Crippen LogP contribution in [0.2, 0.25) is 10.0 Å². The summed E-state index contributed by atoms with van der Waals surface area (Å²) in [5.41, 5.74) is 1.69. The van der Waals surface area contributed by atoms with Gasteiger partial charge in [0.05, 0.1) is 11.9 Å². The summed E-state index contributed by atoms with van der Waals surface area (Å²) in [6, 6.07) is 11.1. The summed E-state index contributed by atoms with van der Waals surface area (Å²) in [6.45, 7) is 5.12. The highest BCUT2D eigenvalue weighted by atomic mass is 35.5. The molecule has 0 heterocycles. The van der Waals surface area contributed by atoms with Gasteiger partial charge in [0.15, 0.2) is 0 Å². The van der Waals surface area contributed by atoms with Gasteiger partial charge >= 0.3 is 0 Å². The number of hydrogen-bond acceptors (Lipinski definition) is 4. The molecule has 0 aliphatic rings. The number of halogens is 2. The number of amides is 2. The normalized spacial score (nSPS) is 12.2. The van der Waals surface area contributed by atoms with Crippen molar-refractivity contribution in [3.05, 3.63) is 63.6 Å². The number of rotatable bonds is 10. The van der Waals surface area contributed by atoms with Crippen LogP contribution in [0.4, 0.5) is 5.69 Å². The van der Waals surface area contributed by atoms with Crippen molar-refractivity contribution in [2.45, 2.75) is 39.8 Å². The van der Waals surface area contributed by atoms with Gasteiger partial charge in [-0.25, -0.2) is 8.42 Å². The molecule has 180 valence electrons. The fourth-order valence-electron chi connectivity index (χ4n) is 3.41. The van der Waals surface area contributed by atoms with Crippen molar-refractivity contribution in [3.8, 4) is 0 Å². The van der Waals surface area contributed by atoms with Crippen molar-refractivity contribution in [2.75, 3.05) is 23.7 Å². The maximum atomic E-state index is 13.5. The lowest BCUT2D eigenvalue weighted by atomic mass is 10.1. The molecule has 2 aromatic carbocycles. The van der Waals surface area contributed by atoms with Gasteiger partial charge in [-0.3, -0.25) is 13.9 Å². The number of aryl methyl sites for hydroxylation is 1. The third kappa shape index (κ3) is 6.85. The zero-order valence-corrected chi connectivity index (χ0v) is 21.5. The van der Waals surface area contributed by atoms with Crippen molar-refractivity contribution >= 4 is 50.7 Å². The molecule has 1 atom stereocenters. The Morgan fingerprint density at radius 2 is 1.64 bits per heavy atom. The van der Waals surface area contributed by atoms with Crippen molar-refractivity contribution in [1.82, 2.24) is 10.2 Å². The van der Waals surface area contributed by atoms with Gasteiger partial charge in [0.25, 0.3) is 0 Å². The third-order valence-corrected chi connectivity index (χ3v) is 7.06. The van der Waals surface area contributed by atoms with Gasteiger partial charge in [0.2, 0.25) is 21.8 Å². The molecular weight excluding hydrogens is 485 g/mol. The smallest absolute Gasteiger partial charge is 0.244 e. The second kappa shape index (κ2) is 11.7. The summed E-state index contributed by atoms with van der Waals surface area (Å²) < 4.78 is 26.4. The van der Waals surface area contributed by atoms with Gasteiger partial charge in [-0.15, -0.1) is 0 Å². The Morgan fingerprint density at radius 3 is 2.18 bits per heavy atom. The first-order valence-corrected chi connectivity index (χ1v) is 13.2. The minimum atomic E-state index is -3.79. The molecule has 2 rings (SSSR count). The van der Waals surface area contributed by atoms with Crippen molar-refractivity contribution in [3.63, 3.8) is 0 Å². The number of carbonyl (C=O) groups is 2. The molecule has 0 saturated heterocycles. The molecule has 0 bridgehead atoms. The highest BCUT2D eigenvalue weighted by molar-refractivity contribution is 7.92. The third-order valence-electron chi connectivity index (χ3n) is 5.23. The molecule has 2 aromatic rings. The first kappa shape index (κ1) is 27.0. The van der Waals surface area contributed by atoms with E-state index in [0.29, 0.717) is 34.3 Å². The van der Waals surface area contributed by atoms with Gasteiger partial charge in [0.1, 0.15) is 12.6 Å². The van der Waals surface area contributed by atoms with E-state index in [2.05, 4.69) is 5.32 Å². The zero-order valence-electron chi connectivity index (χ0n) is 19.1. The second-order valence-electron chi connectivity index (χ2n) is 7.54. The number of carbonyl (C=O) groups excluding carboxylic acids is 2. The molecule has 33 heavy (non-hydrogen) atoms. The Kier molecular flexibility index (Phi) is 9.57. The fourth-order valence-corrected chi connectivity index (χ4v) is 4.80. The summed E-state index contributed by atoms with van der Waals surface area (Å²) in [5.74, 6) is -0.921. The molecule has 2 amide bonds. The molecule has 1 N–H and O–H groups in total. The second-order valence-corrected chi connectivity index (χ2v) is 10.3. The van der Waals surface area contributed by atoms with Crippen molar-refractivity contribution in [2.24, 2.45) is 0 Å². The topological polar surface area (TPSA) is 86.8 Å². The van der Waals surface area contributed by atoms with Crippen LogP contribution in [0.1, 0.15) is 31.9 Å². The van der Waals surface area contributed by atoms with Crippen LogP contribution in [-0.2, 0) is 32.6 Å². The molecule has 7 nitrogen and oxygen atoms in total. The predicted octanol–water partition coefficient (Wildman–Crippen LogP) is 3.88. The summed E-state index contributed by atoms with van der Waals surface area (Å²) in [6.07, 6.45) is 1.64. The molecule has 0 aliphatic carbocycles. The number of nitrogens with one attached hydrogen (secondary N) is 1. The van der Waals surface area contributed by atoms with E-state index in [4.69, 9.17) is 23.2 Å². The van der Waals surface area contributed by atoms with Crippen LogP contribution in [0, 0.1) is 0 Å². The van der Waals surface area contributed by atoms with Gasteiger partial charge in [-0.1, -0.05) is 54.4 Å². The van der Waals surface area contributed by atoms with Crippen LogP contribution in [0.25, 0.3) is 0 Å². The average molecular weight is 514 g/mol. The van der Waals surface area contributed by atoms with Crippen molar-refractivity contribution in [1.29, 1.82) is 0 Å². The average Bonchev–Trinajstić information content (AvgIpc) is 2.76.